The van der Waals surface area contributed by atoms with Crippen molar-refractivity contribution in [2.45, 2.75) is 6.92 Å². The summed E-state index contributed by atoms with van der Waals surface area (Å²) in [5.41, 5.74) is 6.55. The van der Waals surface area contributed by atoms with Crippen LogP contribution in [0.25, 0.3) is 0 Å². The van der Waals surface area contributed by atoms with Crippen LogP contribution < -0.4 is 16.0 Å². The van der Waals surface area contributed by atoms with Crippen molar-refractivity contribution in [3.63, 3.8) is 0 Å². The summed E-state index contributed by atoms with van der Waals surface area (Å²) in [4.78, 5) is 10.8. The number of aryl methyl sites for hydroxylation is 1. The Balaban J connectivity index is 2.23. The number of hydrogen-bond donors (Lipinski definition) is 2. The molecule has 0 spiro atoms. The molecule has 1 heterocycles. The van der Waals surface area contributed by atoms with E-state index in [1.54, 1.807) is 0 Å². The molecule has 0 radical (unpaired) electrons. The summed E-state index contributed by atoms with van der Waals surface area (Å²) in [6, 6.07) is 9.87. The second-order valence-electron chi connectivity index (χ2n) is 4.50. The number of nitrogens with zero attached hydrogens (tertiary/aromatic N) is 3. The highest BCUT2D eigenvalue weighted by molar-refractivity contribution is 9.10. The van der Waals surface area contributed by atoms with Gasteiger partial charge in [0.25, 0.3) is 0 Å². The van der Waals surface area contributed by atoms with Gasteiger partial charge in [0, 0.05) is 36.4 Å². The molecule has 1 aromatic carbocycles. The average Bonchev–Trinajstić information content (AvgIpc) is 2.38. The number of anilines is 3. The van der Waals surface area contributed by atoms with Crippen molar-refractivity contribution in [1.82, 2.24) is 9.97 Å². The molecular weight excluding hydrogens is 318 g/mol. The second-order valence-corrected chi connectivity index (χ2v) is 5.42. The highest BCUT2D eigenvalue weighted by Crippen LogP contribution is 2.21. The number of halogens is 1. The molecule has 0 aliphatic heterocycles. The lowest BCUT2D eigenvalue weighted by Crippen LogP contribution is -2.26. The Hall–Kier alpha value is -1.66. The average molecular weight is 336 g/mol. The molecule has 0 fully saturated rings. The molecule has 106 valence electrons. The van der Waals surface area contributed by atoms with Gasteiger partial charge in [-0.3, -0.25) is 0 Å². The van der Waals surface area contributed by atoms with Crippen LogP contribution in [0.15, 0.2) is 34.8 Å². The predicted molar refractivity (Wildman–Crippen MR) is 86.5 cm³/mol. The summed E-state index contributed by atoms with van der Waals surface area (Å²) in [5, 5.41) is 3.28. The lowest BCUT2D eigenvalue weighted by Gasteiger charge is -2.18. The quantitative estimate of drug-likeness (QED) is 0.879. The lowest BCUT2D eigenvalue weighted by molar-refractivity contribution is 0.857. The van der Waals surface area contributed by atoms with Crippen molar-refractivity contribution in [1.29, 1.82) is 0 Å². The van der Waals surface area contributed by atoms with Gasteiger partial charge in [0.15, 0.2) is 0 Å². The smallest absolute Gasteiger partial charge is 0.136 e. The van der Waals surface area contributed by atoms with Crippen LogP contribution in [0.5, 0.6) is 0 Å². The molecule has 20 heavy (non-hydrogen) atoms. The van der Waals surface area contributed by atoms with E-state index < -0.39 is 0 Å². The number of likely N-dealkylation sites (N-methyl/N-ethyl adjacent to an activating group) is 1. The van der Waals surface area contributed by atoms with Crippen LogP contribution in [-0.2, 0) is 0 Å². The van der Waals surface area contributed by atoms with Crippen molar-refractivity contribution >= 4 is 33.3 Å². The highest BCUT2D eigenvalue weighted by atomic mass is 79.9. The Kier molecular flexibility index (Phi) is 4.92. The molecule has 0 saturated heterocycles. The number of rotatable bonds is 5. The molecule has 6 heteroatoms. The van der Waals surface area contributed by atoms with Gasteiger partial charge in [0.1, 0.15) is 17.5 Å². The molecule has 5 nitrogen and oxygen atoms in total. The van der Waals surface area contributed by atoms with Crippen LogP contribution in [0.3, 0.4) is 0 Å². The first-order valence-corrected chi connectivity index (χ1v) is 7.17. The van der Waals surface area contributed by atoms with Gasteiger partial charge in [-0.25, -0.2) is 9.97 Å². The molecule has 0 saturated carbocycles. The zero-order chi connectivity index (χ0) is 14.5. The Morgan fingerprint density at radius 1 is 1.30 bits per heavy atom. The van der Waals surface area contributed by atoms with Crippen LogP contribution in [0.2, 0.25) is 0 Å². The number of nitrogens with one attached hydrogen (secondary N) is 1. The van der Waals surface area contributed by atoms with Gasteiger partial charge in [-0.2, -0.15) is 0 Å². The third-order valence-corrected chi connectivity index (χ3v) is 3.27. The van der Waals surface area contributed by atoms with Crippen molar-refractivity contribution < 1.29 is 0 Å². The van der Waals surface area contributed by atoms with Crippen molar-refractivity contribution in [2.75, 3.05) is 30.4 Å². The zero-order valence-corrected chi connectivity index (χ0v) is 13.2. The van der Waals surface area contributed by atoms with Crippen LogP contribution in [0.1, 0.15) is 5.82 Å². The molecule has 2 rings (SSSR count). The molecule has 0 amide bonds. The molecule has 0 atom stereocenters. The van der Waals surface area contributed by atoms with E-state index in [0.29, 0.717) is 6.54 Å². The standard InChI is InChI=1S/C14H18BrN5/c1-10-17-13(9-14(18-10)20(2)7-6-16)19-12-5-3-4-11(15)8-12/h3-5,8-9H,6-7,16H2,1-2H3,(H,17,18,19). The minimum Gasteiger partial charge on any atom is -0.358 e. The summed E-state index contributed by atoms with van der Waals surface area (Å²) >= 11 is 3.45. The number of nitrogens with two attached hydrogens (primary N) is 1. The van der Waals surface area contributed by atoms with Crippen molar-refractivity contribution in [2.24, 2.45) is 5.73 Å². The van der Waals surface area contributed by atoms with Gasteiger partial charge in [-0.1, -0.05) is 22.0 Å². The maximum absolute atomic E-state index is 5.58. The summed E-state index contributed by atoms with van der Waals surface area (Å²) < 4.78 is 1.02. The fraction of sp³-hybridized carbons (Fsp3) is 0.286. The fourth-order valence-electron chi connectivity index (χ4n) is 1.83. The van der Waals surface area contributed by atoms with Crippen molar-refractivity contribution in [3.05, 3.63) is 40.6 Å². The van der Waals surface area contributed by atoms with Crippen LogP contribution in [-0.4, -0.2) is 30.1 Å². The maximum Gasteiger partial charge on any atom is 0.136 e. The van der Waals surface area contributed by atoms with Crippen LogP contribution in [0, 0.1) is 6.92 Å². The Morgan fingerprint density at radius 2 is 2.10 bits per heavy atom. The van der Waals surface area contributed by atoms with Gasteiger partial charge >= 0.3 is 0 Å². The van der Waals surface area contributed by atoms with Crippen LogP contribution >= 0.6 is 15.9 Å². The topological polar surface area (TPSA) is 67.1 Å². The van der Waals surface area contributed by atoms with Gasteiger partial charge in [-0.05, 0) is 25.1 Å². The molecule has 0 aliphatic rings. The first-order chi connectivity index (χ1) is 9.58. The maximum atomic E-state index is 5.58. The third-order valence-electron chi connectivity index (χ3n) is 2.78. The number of benzene rings is 1. The van der Waals surface area contributed by atoms with E-state index in [-0.39, 0.29) is 0 Å². The Bertz CT molecular complexity index is 588. The van der Waals surface area contributed by atoms with Gasteiger partial charge < -0.3 is 16.0 Å². The van der Waals surface area contributed by atoms with Gasteiger partial charge in [-0.15, -0.1) is 0 Å². The molecule has 0 unspecified atom stereocenters. The minimum absolute atomic E-state index is 0.591. The monoisotopic (exact) mass is 335 g/mol. The van der Waals surface area contributed by atoms with E-state index >= 15 is 0 Å². The third kappa shape index (κ3) is 3.91. The van der Waals surface area contributed by atoms with Crippen LogP contribution in [0.4, 0.5) is 17.3 Å². The Morgan fingerprint density at radius 3 is 2.80 bits per heavy atom. The highest BCUT2D eigenvalue weighted by Gasteiger charge is 2.06. The van der Waals surface area contributed by atoms with E-state index in [1.165, 1.54) is 0 Å². The number of hydrogen-bond acceptors (Lipinski definition) is 5. The summed E-state index contributed by atoms with van der Waals surface area (Å²) in [7, 11) is 1.97. The molecule has 1 aromatic heterocycles. The first kappa shape index (κ1) is 14.7. The number of aromatic nitrogens is 2. The second kappa shape index (κ2) is 6.67. The van der Waals surface area contributed by atoms with E-state index in [4.69, 9.17) is 5.73 Å². The summed E-state index contributed by atoms with van der Waals surface area (Å²) in [6.07, 6.45) is 0. The predicted octanol–water partition coefficient (Wildman–Crippen LogP) is 2.69. The van der Waals surface area contributed by atoms with E-state index in [1.807, 2.05) is 49.2 Å². The fourth-order valence-corrected chi connectivity index (χ4v) is 2.23. The van der Waals surface area contributed by atoms with Gasteiger partial charge in [0.2, 0.25) is 0 Å². The zero-order valence-electron chi connectivity index (χ0n) is 11.6. The summed E-state index contributed by atoms with van der Waals surface area (Å²) in [5.74, 6) is 2.36. The minimum atomic E-state index is 0.591. The molecule has 0 aliphatic carbocycles. The molecule has 2 aromatic rings. The van der Waals surface area contributed by atoms with E-state index in [9.17, 15) is 0 Å². The van der Waals surface area contributed by atoms with Crippen molar-refractivity contribution in [3.8, 4) is 0 Å². The first-order valence-electron chi connectivity index (χ1n) is 6.38. The Labute approximate surface area is 127 Å². The lowest BCUT2D eigenvalue weighted by atomic mass is 10.3. The summed E-state index contributed by atoms with van der Waals surface area (Å²) in [6.45, 7) is 3.23. The largest absolute Gasteiger partial charge is 0.358 e. The van der Waals surface area contributed by atoms with Gasteiger partial charge in [0.05, 0.1) is 0 Å². The normalized spacial score (nSPS) is 10.4. The van der Waals surface area contributed by atoms with E-state index in [0.717, 1.165) is 34.2 Å². The molecule has 0 bridgehead atoms. The SMILES string of the molecule is Cc1nc(Nc2cccc(Br)c2)cc(N(C)CCN)n1. The molecule has 3 N–H and O–H groups in total. The molecular formula is C14H18BrN5. The van der Waals surface area contributed by atoms with E-state index in [2.05, 4.69) is 31.2 Å².